The molecule has 3 aliphatic heterocycles. The van der Waals surface area contributed by atoms with Crippen molar-refractivity contribution in [3.63, 3.8) is 0 Å². The summed E-state index contributed by atoms with van der Waals surface area (Å²) < 4.78 is 22.5. The fourth-order valence-corrected chi connectivity index (χ4v) is 6.66. The number of likely N-dealkylation sites (tertiary alicyclic amines) is 1. The van der Waals surface area contributed by atoms with Crippen LogP contribution in [0.3, 0.4) is 0 Å². The summed E-state index contributed by atoms with van der Waals surface area (Å²) in [5.74, 6) is 3.19. The highest BCUT2D eigenvalue weighted by Gasteiger charge is 2.54. The molecule has 0 aromatic heterocycles. The third-order valence-corrected chi connectivity index (χ3v) is 8.47. The molecule has 1 spiro atoms. The number of carbonyl (C=O) groups is 1. The van der Waals surface area contributed by atoms with E-state index in [0.29, 0.717) is 13.1 Å². The van der Waals surface area contributed by atoms with Gasteiger partial charge in [-0.3, -0.25) is 9.80 Å². The Morgan fingerprint density at radius 3 is 2.34 bits per heavy atom. The summed E-state index contributed by atoms with van der Waals surface area (Å²) in [7, 11) is 6.71. The molecule has 2 saturated heterocycles. The zero-order valence-electron chi connectivity index (χ0n) is 23.4. The van der Waals surface area contributed by atoms with Crippen molar-refractivity contribution in [1.29, 1.82) is 0 Å². The molecule has 2 amide bonds. The second-order valence-corrected chi connectivity index (χ2v) is 10.3. The largest absolute Gasteiger partial charge is 0.497 e. The van der Waals surface area contributed by atoms with Crippen molar-refractivity contribution < 1.29 is 23.7 Å². The average Bonchev–Trinajstić information content (AvgIpc) is 3.04. The lowest BCUT2D eigenvalue weighted by molar-refractivity contribution is 0.0883. The molecule has 204 valence electrons. The number of nitrogens with zero attached hydrogens (tertiary/aromatic N) is 3. The number of methoxy groups -OCH3 is 4. The van der Waals surface area contributed by atoms with E-state index >= 15 is 0 Å². The van der Waals surface area contributed by atoms with Crippen molar-refractivity contribution in [2.75, 3.05) is 48.1 Å². The number of amides is 2. The molecule has 2 aromatic carbocycles. The molecule has 5 rings (SSSR count). The summed E-state index contributed by atoms with van der Waals surface area (Å²) in [6.45, 7) is 8.02. The van der Waals surface area contributed by atoms with Gasteiger partial charge in [-0.2, -0.15) is 0 Å². The van der Waals surface area contributed by atoms with Crippen LogP contribution in [0.5, 0.6) is 23.0 Å². The zero-order valence-corrected chi connectivity index (χ0v) is 23.4. The second-order valence-electron chi connectivity index (χ2n) is 10.3. The van der Waals surface area contributed by atoms with Crippen molar-refractivity contribution in [3.05, 3.63) is 58.8 Å². The highest BCUT2D eigenvalue weighted by Crippen LogP contribution is 2.49. The van der Waals surface area contributed by atoms with Gasteiger partial charge in [0.2, 0.25) is 0 Å². The van der Waals surface area contributed by atoms with Gasteiger partial charge in [-0.15, -0.1) is 0 Å². The minimum Gasteiger partial charge on any atom is -0.497 e. The molecule has 8 nitrogen and oxygen atoms in total. The van der Waals surface area contributed by atoms with Crippen LogP contribution < -0.4 is 18.9 Å². The first-order valence-corrected chi connectivity index (χ1v) is 13.4. The molecule has 0 aliphatic carbocycles. The normalized spacial score (nSPS) is 20.5. The minimum absolute atomic E-state index is 0.0866. The quantitative estimate of drug-likeness (QED) is 0.510. The number of piperidine rings is 1. The fourth-order valence-electron chi connectivity index (χ4n) is 6.66. The summed E-state index contributed by atoms with van der Waals surface area (Å²) in [6, 6.07) is 10.1. The Bertz CT molecular complexity index is 1230. The molecule has 8 heteroatoms. The van der Waals surface area contributed by atoms with Crippen LogP contribution in [0.25, 0.3) is 0 Å². The Hall–Kier alpha value is -3.39. The number of allylic oxidation sites excluding steroid dienone is 1. The molecule has 0 radical (unpaired) electrons. The topological polar surface area (TPSA) is 63.7 Å². The third kappa shape index (κ3) is 4.15. The lowest BCUT2D eigenvalue weighted by Gasteiger charge is -2.44. The van der Waals surface area contributed by atoms with E-state index in [4.69, 9.17) is 18.9 Å². The molecule has 3 aliphatic rings. The molecule has 0 N–H and O–H groups in total. The predicted octanol–water partition coefficient (Wildman–Crippen LogP) is 5.01. The molecule has 2 fully saturated rings. The van der Waals surface area contributed by atoms with Crippen LogP contribution in [0.4, 0.5) is 4.79 Å². The van der Waals surface area contributed by atoms with Crippen LogP contribution in [0.15, 0.2) is 42.1 Å². The molecule has 0 saturated carbocycles. The van der Waals surface area contributed by atoms with Crippen molar-refractivity contribution in [2.24, 2.45) is 0 Å². The van der Waals surface area contributed by atoms with Crippen LogP contribution in [-0.2, 0) is 13.1 Å². The van der Waals surface area contributed by atoms with E-state index in [2.05, 4.69) is 35.8 Å². The number of likely N-dealkylation sites (N-methyl/N-ethyl adjacent to an activating group) is 1. The van der Waals surface area contributed by atoms with Crippen molar-refractivity contribution >= 4 is 6.03 Å². The lowest BCUT2D eigenvalue weighted by Crippen LogP contribution is -2.53. The first-order valence-electron chi connectivity index (χ1n) is 13.4. The van der Waals surface area contributed by atoms with Crippen LogP contribution in [0, 0.1) is 0 Å². The first-order chi connectivity index (χ1) is 18.4. The molecular weight excluding hydrogens is 482 g/mol. The van der Waals surface area contributed by atoms with E-state index < -0.39 is 0 Å². The van der Waals surface area contributed by atoms with E-state index in [0.717, 1.165) is 77.9 Å². The van der Waals surface area contributed by atoms with Crippen molar-refractivity contribution in [3.8, 4) is 23.0 Å². The van der Waals surface area contributed by atoms with Crippen LogP contribution >= 0.6 is 0 Å². The maximum Gasteiger partial charge on any atom is 0.325 e. The summed E-state index contributed by atoms with van der Waals surface area (Å²) in [6.07, 6.45) is 4.06. The Morgan fingerprint density at radius 2 is 1.71 bits per heavy atom. The standard InChI is InChI=1S/C30H39N3O5/c1-7-33-29(34)32-19-22-16-23(35-3)17-25(37-5)27(22)20(2)15-26(32)30(33)11-13-31(14-12-30)18-21-9-8-10-24(36-4)28(21)38-6/h8-10,15-17,20H,7,11-14,18-19H2,1-6H3. The van der Waals surface area contributed by atoms with Gasteiger partial charge in [0.05, 0.1) is 40.5 Å². The lowest BCUT2D eigenvalue weighted by atomic mass is 9.82. The summed E-state index contributed by atoms with van der Waals surface area (Å²) in [4.78, 5) is 20.4. The number of ether oxygens (including phenoxy) is 4. The number of para-hydroxylation sites is 1. The first kappa shape index (κ1) is 26.2. The van der Waals surface area contributed by atoms with Crippen molar-refractivity contribution in [1.82, 2.24) is 14.7 Å². The van der Waals surface area contributed by atoms with E-state index in [1.165, 1.54) is 0 Å². The molecule has 1 atom stereocenters. The van der Waals surface area contributed by atoms with Gasteiger partial charge in [0, 0.05) is 55.0 Å². The average molecular weight is 522 g/mol. The Labute approximate surface area is 225 Å². The molecular formula is C30H39N3O5. The number of hydrogen-bond donors (Lipinski definition) is 0. The Morgan fingerprint density at radius 1 is 0.974 bits per heavy atom. The van der Waals surface area contributed by atoms with Gasteiger partial charge < -0.3 is 23.8 Å². The highest BCUT2D eigenvalue weighted by atomic mass is 16.5. The minimum atomic E-state index is -0.311. The third-order valence-electron chi connectivity index (χ3n) is 8.47. The molecule has 1 unspecified atom stereocenters. The maximum atomic E-state index is 13.9. The van der Waals surface area contributed by atoms with E-state index in [1.807, 2.05) is 29.2 Å². The number of fused-ring (bicyclic) bond motifs is 3. The summed E-state index contributed by atoms with van der Waals surface area (Å²) in [5, 5.41) is 0. The highest BCUT2D eigenvalue weighted by molar-refractivity contribution is 5.83. The molecule has 38 heavy (non-hydrogen) atoms. The van der Waals surface area contributed by atoms with Gasteiger partial charge >= 0.3 is 6.03 Å². The van der Waals surface area contributed by atoms with E-state index in [-0.39, 0.29) is 17.5 Å². The van der Waals surface area contributed by atoms with Gasteiger partial charge in [-0.05, 0) is 37.5 Å². The number of rotatable bonds is 7. The Balaban J connectivity index is 1.45. The van der Waals surface area contributed by atoms with Crippen LogP contribution in [0.2, 0.25) is 0 Å². The second kappa shape index (κ2) is 10.4. The number of urea groups is 1. The monoisotopic (exact) mass is 521 g/mol. The molecule has 3 heterocycles. The van der Waals surface area contributed by atoms with Gasteiger partial charge in [0.1, 0.15) is 11.5 Å². The van der Waals surface area contributed by atoms with Crippen LogP contribution in [-0.4, -0.2) is 74.3 Å². The van der Waals surface area contributed by atoms with Gasteiger partial charge in [0.15, 0.2) is 11.5 Å². The zero-order chi connectivity index (χ0) is 27.0. The molecule has 2 aromatic rings. The fraction of sp³-hybridized carbons (Fsp3) is 0.500. The summed E-state index contributed by atoms with van der Waals surface area (Å²) >= 11 is 0. The Kier molecular flexibility index (Phi) is 7.18. The number of hydrogen-bond acceptors (Lipinski definition) is 6. The maximum absolute atomic E-state index is 13.9. The van der Waals surface area contributed by atoms with Gasteiger partial charge in [0.25, 0.3) is 0 Å². The van der Waals surface area contributed by atoms with Crippen LogP contribution in [0.1, 0.15) is 49.3 Å². The molecule has 0 bridgehead atoms. The number of carbonyl (C=O) groups excluding carboxylic acids is 1. The van der Waals surface area contributed by atoms with E-state index in [1.54, 1.807) is 28.4 Å². The van der Waals surface area contributed by atoms with Gasteiger partial charge in [-0.1, -0.05) is 25.1 Å². The SMILES string of the molecule is CCN1C(=O)N2Cc3cc(OC)cc(OC)c3C(C)C=C2C12CCN(Cc1cccc(OC)c1OC)CC2. The van der Waals surface area contributed by atoms with Gasteiger partial charge in [-0.25, -0.2) is 4.79 Å². The number of benzene rings is 2. The summed E-state index contributed by atoms with van der Waals surface area (Å²) in [5.41, 5.74) is 4.13. The smallest absolute Gasteiger partial charge is 0.325 e. The van der Waals surface area contributed by atoms with E-state index in [9.17, 15) is 4.79 Å². The predicted molar refractivity (Wildman–Crippen MR) is 146 cm³/mol. The van der Waals surface area contributed by atoms with Crippen molar-refractivity contribution in [2.45, 2.75) is 51.2 Å².